The first-order valence-electron chi connectivity index (χ1n) is 7.67. The van der Waals surface area contributed by atoms with Gasteiger partial charge < -0.3 is 5.11 Å². The van der Waals surface area contributed by atoms with E-state index in [-0.39, 0.29) is 5.41 Å². The molecule has 0 aliphatic heterocycles. The van der Waals surface area contributed by atoms with Crippen LogP contribution in [0.2, 0.25) is 0 Å². The van der Waals surface area contributed by atoms with Crippen LogP contribution in [0.25, 0.3) is 10.8 Å². The maximum Gasteiger partial charge on any atom is 0.0630 e. The molecule has 112 valence electrons. The maximum absolute atomic E-state index is 10.7. The van der Waals surface area contributed by atoms with Gasteiger partial charge in [-0.1, -0.05) is 60.1 Å². The van der Waals surface area contributed by atoms with Crippen LogP contribution in [0.4, 0.5) is 0 Å². The van der Waals surface area contributed by atoms with Crippen molar-refractivity contribution in [3.8, 4) is 0 Å². The van der Waals surface area contributed by atoms with Crippen molar-refractivity contribution in [3.63, 3.8) is 0 Å². The fraction of sp³-hybridized carbons (Fsp3) is 0.474. The molecule has 2 unspecified atom stereocenters. The minimum atomic E-state index is -0.569. The van der Waals surface area contributed by atoms with E-state index in [9.17, 15) is 5.11 Å². The fourth-order valence-corrected chi connectivity index (χ4v) is 4.78. The molecule has 2 aromatic rings. The minimum absolute atomic E-state index is 0.181. The molecular formula is C19H23BrO. The van der Waals surface area contributed by atoms with Gasteiger partial charge in [-0.2, -0.15) is 0 Å². The molecule has 0 saturated heterocycles. The van der Waals surface area contributed by atoms with E-state index in [0.29, 0.717) is 5.92 Å². The third kappa shape index (κ3) is 3.02. The predicted octanol–water partition coefficient (Wildman–Crippen LogP) is 5.65. The number of hydrogen-bond donors (Lipinski definition) is 1. The lowest BCUT2D eigenvalue weighted by atomic mass is 9.64. The van der Waals surface area contributed by atoms with E-state index in [1.165, 1.54) is 16.3 Å². The van der Waals surface area contributed by atoms with Gasteiger partial charge in [0, 0.05) is 4.47 Å². The second kappa shape index (κ2) is 5.10. The molecule has 0 radical (unpaired) electrons. The average molecular weight is 347 g/mol. The summed E-state index contributed by atoms with van der Waals surface area (Å²) in [5, 5.41) is 13.2. The number of benzene rings is 2. The monoisotopic (exact) mass is 346 g/mol. The van der Waals surface area contributed by atoms with Crippen LogP contribution in [0.15, 0.2) is 40.9 Å². The molecule has 0 aromatic heterocycles. The highest BCUT2D eigenvalue weighted by Gasteiger charge is 2.40. The Kier molecular flexibility index (Phi) is 3.66. The highest BCUT2D eigenvalue weighted by atomic mass is 79.9. The summed E-state index contributed by atoms with van der Waals surface area (Å²) in [5.41, 5.74) is 0.989. The van der Waals surface area contributed by atoms with Crippen molar-refractivity contribution in [2.45, 2.75) is 51.6 Å². The van der Waals surface area contributed by atoms with E-state index in [1.54, 1.807) is 0 Å². The van der Waals surface area contributed by atoms with Crippen LogP contribution in [0.1, 0.15) is 51.5 Å². The van der Waals surface area contributed by atoms with E-state index in [0.717, 1.165) is 23.7 Å². The van der Waals surface area contributed by atoms with Gasteiger partial charge in [0.2, 0.25) is 0 Å². The van der Waals surface area contributed by atoms with Crippen LogP contribution < -0.4 is 0 Å². The van der Waals surface area contributed by atoms with E-state index in [4.69, 9.17) is 0 Å². The Morgan fingerprint density at radius 2 is 1.67 bits per heavy atom. The molecular weight excluding hydrogens is 324 g/mol. The highest BCUT2D eigenvalue weighted by molar-refractivity contribution is 9.10. The second-order valence-corrected chi connectivity index (χ2v) is 8.48. The van der Waals surface area contributed by atoms with Crippen LogP contribution in [0, 0.1) is 5.41 Å². The van der Waals surface area contributed by atoms with Crippen molar-refractivity contribution in [2.24, 2.45) is 5.41 Å². The molecule has 3 rings (SSSR count). The average Bonchev–Trinajstić information content (AvgIpc) is 2.35. The Morgan fingerprint density at radius 3 is 2.33 bits per heavy atom. The number of fused-ring (bicyclic) bond motifs is 1. The second-order valence-electron chi connectivity index (χ2n) is 7.63. The zero-order chi connectivity index (χ0) is 15.3. The zero-order valence-electron chi connectivity index (χ0n) is 13.0. The van der Waals surface area contributed by atoms with Crippen molar-refractivity contribution in [3.05, 3.63) is 46.4 Å². The van der Waals surface area contributed by atoms with Gasteiger partial charge in [-0.05, 0) is 59.9 Å². The molecule has 0 heterocycles. The summed E-state index contributed by atoms with van der Waals surface area (Å²) in [7, 11) is 0. The Morgan fingerprint density at radius 1 is 1.00 bits per heavy atom. The van der Waals surface area contributed by atoms with Gasteiger partial charge in [0.1, 0.15) is 0 Å². The smallest absolute Gasteiger partial charge is 0.0630 e. The molecule has 2 atom stereocenters. The lowest BCUT2D eigenvalue weighted by molar-refractivity contribution is -0.0322. The van der Waals surface area contributed by atoms with Crippen molar-refractivity contribution in [2.75, 3.05) is 0 Å². The van der Waals surface area contributed by atoms with Crippen LogP contribution in [0.3, 0.4) is 0 Å². The Labute approximate surface area is 135 Å². The molecule has 1 saturated carbocycles. The number of aliphatic hydroxyl groups is 1. The molecule has 21 heavy (non-hydrogen) atoms. The molecule has 0 bridgehead atoms. The highest BCUT2D eigenvalue weighted by Crippen LogP contribution is 2.49. The van der Waals surface area contributed by atoms with Crippen LogP contribution in [0.5, 0.6) is 0 Å². The zero-order valence-corrected chi connectivity index (χ0v) is 14.6. The van der Waals surface area contributed by atoms with Gasteiger partial charge in [0.05, 0.1) is 5.60 Å². The van der Waals surface area contributed by atoms with E-state index < -0.39 is 5.60 Å². The van der Waals surface area contributed by atoms with Crippen LogP contribution in [-0.2, 0) is 0 Å². The van der Waals surface area contributed by atoms with Gasteiger partial charge in [-0.15, -0.1) is 0 Å². The summed E-state index contributed by atoms with van der Waals surface area (Å²) in [6, 6.07) is 12.9. The molecule has 0 spiro atoms. The van der Waals surface area contributed by atoms with Crippen molar-refractivity contribution in [1.29, 1.82) is 0 Å². The minimum Gasteiger partial charge on any atom is -0.390 e. The largest absolute Gasteiger partial charge is 0.390 e. The molecule has 1 aliphatic rings. The Bertz CT molecular complexity index is 656. The van der Waals surface area contributed by atoms with Crippen molar-refractivity contribution >= 4 is 26.7 Å². The summed E-state index contributed by atoms with van der Waals surface area (Å²) in [6.07, 6.45) is 2.86. The molecule has 0 amide bonds. The summed E-state index contributed by atoms with van der Waals surface area (Å²) in [4.78, 5) is 0. The summed E-state index contributed by atoms with van der Waals surface area (Å²) < 4.78 is 1.14. The standard InChI is InChI=1S/C19H23BrO/c1-18(2)10-13(11-19(3,21)12-18)14-8-9-17(20)16-7-5-4-6-15(14)16/h4-9,13,21H,10-12H2,1-3H3. The molecule has 1 fully saturated rings. The molecule has 2 aromatic carbocycles. The topological polar surface area (TPSA) is 20.2 Å². The third-order valence-electron chi connectivity index (χ3n) is 4.69. The lowest BCUT2D eigenvalue weighted by Gasteiger charge is -2.44. The van der Waals surface area contributed by atoms with E-state index in [2.05, 4.69) is 66.2 Å². The summed E-state index contributed by atoms with van der Waals surface area (Å²) >= 11 is 3.65. The van der Waals surface area contributed by atoms with Crippen molar-refractivity contribution < 1.29 is 5.11 Å². The van der Waals surface area contributed by atoms with Gasteiger partial charge in [0.15, 0.2) is 0 Å². The SMILES string of the molecule is CC1(C)CC(c2ccc(Br)c3ccccc23)CC(C)(O)C1. The Balaban J connectivity index is 2.10. The number of rotatable bonds is 1. The van der Waals surface area contributed by atoms with E-state index >= 15 is 0 Å². The first-order chi connectivity index (χ1) is 9.77. The van der Waals surface area contributed by atoms with Gasteiger partial charge >= 0.3 is 0 Å². The van der Waals surface area contributed by atoms with E-state index in [1.807, 2.05) is 6.92 Å². The summed E-state index contributed by atoms with van der Waals surface area (Å²) in [6.45, 7) is 6.53. The molecule has 1 aliphatic carbocycles. The Hall–Kier alpha value is -0.860. The summed E-state index contributed by atoms with van der Waals surface area (Å²) in [5.74, 6) is 0.418. The molecule has 1 nitrogen and oxygen atoms in total. The number of hydrogen-bond acceptors (Lipinski definition) is 1. The van der Waals surface area contributed by atoms with Gasteiger partial charge in [-0.25, -0.2) is 0 Å². The number of halogens is 1. The first-order valence-corrected chi connectivity index (χ1v) is 8.46. The van der Waals surface area contributed by atoms with Crippen LogP contribution in [-0.4, -0.2) is 10.7 Å². The molecule has 1 N–H and O–H groups in total. The van der Waals surface area contributed by atoms with Gasteiger partial charge in [-0.3, -0.25) is 0 Å². The quantitative estimate of drug-likeness (QED) is 0.707. The first kappa shape index (κ1) is 15.1. The normalized spacial score (nSPS) is 28.7. The van der Waals surface area contributed by atoms with Crippen molar-refractivity contribution in [1.82, 2.24) is 0 Å². The lowest BCUT2D eigenvalue weighted by Crippen LogP contribution is -2.39. The third-order valence-corrected chi connectivity index (χ3v) is 5.38. The maximum atomic E-state index is 10.7. The fourth-order valence-electron chi connectivity index (χ4n) is 4.31. The van der Waals surface area contributed by atoms with Crippen LogP contribution >= 0.6 is 15.9 Å². The van der Waals surface area contributed by atoms with Gasteiger partial charge in [0.25, 0.3) is 0 Å². The predicted molar refractivity (Wildman–Crippen MR) is 92.6 cm³/mol. The molecule has 2 heteroatoms.